The van der Waals surface area contributed by atoms with E-state index < -0.39 is 0 Å². The highest BCUT2D eigenvalue weighted by Crippen LogP contribution is 2.29. The third kappa shape index (κ3) is 6.95. The number of ether oxygens (including phenoxy) is 2. The van der Waals surface area contributed by atoms with E-state index in [0.717, 1.165) is 15.6 Å². The number of carbonyl (C=O) groups excluding carboxylic acids is 2. The summed E-state index contributed by atoms with van der Waals surface area (Å²) in [6.07, 6.45) is 0. The molecular weight excluding hydrogens is 582 g/mol. The number of nitrogens with one attached hydrogen (secondary N) is 1. The topological polar surface area (TPSA) is 99.5 Å². The van der Waals surface area contributed by atoms with Gasteiger partial charge in [-0.05, 0) is 61.0 Å². The van der Waals surface area contributed by atoms with Crippen LogP contribution in [-0.4, -0.2) is 48.6 Å². The standard InChI is InChI=1S/C29H28BrN3O5S/c1-18(34)21-8-11-26(38-3)22(14-21)17-39-29-32-25-10-9-23(30)15-24(25)28(36)33(29)16-19-4-6-20(7-5-19)27(35)31-12-13-37-2/h4-11,14-15H,12-13,16-17H2,1-3H3,(H,31,35). The number of amides is 1. The Morgan fingerprint density at radius 3 is 2.46 bits per heavy atom. The van der Waals surface area contributed by atoms with Crippen LogP contribution in [0.1, 0.15) is 38.8 Å². The first kappa shape index (κ1) is 28.5. The lowest BCUT2D eigenvalue weighted by Crippen LogP contribution is -2.27. The van der Waals surface area contributed by atoms with E-state index in [-0.39, 0.29) is 23.8 Å². The first-order valence-electron chi connectivity index (χ1n) is 12.2. The number of rotatable bonds is 11. The van der Waals surface area contributed by atoms with Crippen LogP contribution in [0.5, 0.6) is 5.75 Å². The zero-order valence-corrected chi connectivity index (χ0v) is 24.2. The fraction of sp³-hybridized carbons (Fsp3) is 0.241. The molecule has 4 rings (SSSR count). The van der Waals surface area contributed by atoms with Crippen LogP contribution in [0, 0.1) is 0 Å². The zero-order valence-electron chi connectivity index (χ0n) is 21.8. The molecule has 0 saturated carbocycles. The summed E-state index contributed by atoms with van der Waals surface area (Å²) in [7, 11) is 3.16. The molecule has 39 heavy (non-hydrogen) atoms. The molecule has 1 heterocycles. The number of benzene rings is 3. The predicted octanol–water partition coefficient (Wildman–Crippen LogP) is 5.09. The molecule has 1 aromatic heterocycles. The van der Waals surface area contributed by atoms with Gasteiger partial charge in [-0.2, -0.15) is 0 Å². The molecule has 8 nitrogen and oxygen atoms in total. The van der Waals surface area contributed by atoms with Crippen molar-refractivity contribution in [2.45, 2.75) is 24.4 Å². The summed E-state index contributed by atoms with van der Waals surface area (Å²) in [5.41, 5.74) is 3.21. The van der Waals surface area contributed by atoms with Gasteiger partial charge in [0.25, 0.3) is 11.5 Å². The van der Waals surface area contributed by atoms with Gasteiger partial charge in [0.2, 0.25) is 0 Å². The van der Waals surface area contributed by atoms with Gasteiger partial charge in [0.15, 0.2) is 10.9 Å². The van der Waals surface area contributed by atoms with Crippen LogP contribution in [-0.2, 0) is 17.0 Å². The number of halogens is 1. The van der Waals surface area contributed by atoms with Crippen molar-refractivity contribution in [3.05, 3.63) is 97.7 Å². The molecule has 0 radical (unpaired) electrons. The zero-order chi connectivity index (χ0) is 27.9. The van der Waals surface area contributed by atoms with Crippen molar-refractivity contribution in [1.82, 2.24) is 14.9 Å². The van der Waals surface area contributed by atoms with Crippen molar-refractivity contribution >= 4 is 50.3 Å². The Hall–Kier alpha value is -3.47. The SMILES string of the molecule is COCCNC(=O)c1ccc(Cn2c(SCc3cc(C(C)=O)ccc3OC)nc3ccc(Br)cc3c2=O)cc1. The molecule has 3 aromatic carbocycles. The van der Waals surface area contributed by atoms with E-state index in [1.54, 1.807) is 49.1 Å². The molecule has 0 aliphatic carbocycles. The van der Waals surface area contributed by atoms with E-state index in [4.69, 9.17) is 14.5 Å². The van der Waals surface area contributed by atoms with Crippen molar-refractivity contribution in [1.29, 1.82) is 0 Å². The van der Waals surface area contributed by atoms with Gasteiger partial charge in [0.1, 0.15) is 5.75 Å². The number of aromatic nitrogens is 2. The van der Waals surface area contributed by atoms with Gasteiger partial charge in [0.05, 0.1) is 31.2 Å². The lowest BCUT2D eigenvalue weighted by Gasteiger charge is -2.15. The number of Topliss-reactive ketones (excluding diaryl/α,β-unsaturated/α-hetero) is 1. The smallest absolute Gasteiger partial charge is 0.262 e. The molecule has 202 valence electrons. The van der Waals surface area contributed by atoms with E-state index in [1.807, 2.05) is 30.3 Å². The summed E-state index contributed by atoms with van der Waals surface area (Å²) in [6.45, 7) is 2.65. The summed E-state index contributed by atoms with van der Waals surface area (Å²) in [6, 6.07) is 17.9. The Labute approximate surface area is 238 Å². The first-order valence-corrected chi connectivity index (χ1v) is 14.0. The van der Waals surface area contributed by atoms with Crippen molar-refractivity contribution in [2.24, 2.45) is 0 Å². The van der Waals surface area contributed by atoms with Gasteiger partial charge in [-0.3, -0.25) is 19.0 Å². The molecule has 4 aromatic rings. The van der Waals surface area contributed by atoms with Crippen LogP contribution in [0.4, 0.5) is 0 Å². The van der Waals surface area contributed by atoms with E-state index >= 15 is 0 Å². The molecule has 0 saturated heterocycles. The second-order valence-electron chi connectivity index (χ2n) is 8.76. The average Bonchev–Trinajstić information content (AvgIpc) is 2.94. The lowest BCUT2D eigenvalue weighted by atomic mass is 10.1. The maximum atomic E-state index is 13.6. The number of carbonyl (C=O) groups is 2. The van der Waals surface area contributed by atoms with Crippen molar-refractivity contribution in [2.75, 3.05) is 27.4 Å². The molecule has 0 unspecified atom stereocenters. The van der Waals surface area contributed by atoms with E-state index in [0.29, 0.717) is 51.8 Å². The molecule has 0 atom stereocenters. The van der Waals surface area contributed by atoms with E-state index in [9.17, 15) is 14.4 Å². The monoisotopic (exact) mass is 609 g/mol. The van der Waals surface area contributed by atoms with Crippen LogP contribution in [0.3, 0.4) is 0 Å². The number of thioether (sulfide) groups is 1. The third-order valence-electron chi connectivity index (χ3n) is 6.07. The fourth-order valence-corrected chi connectivity index (χ4v) is 5.33. The largest absolute Gasteiger partial charge is 0.496 e. The third-order valence-corrected chi connectivity index (χ3v) is 7.59. The second kappa shape index (κ2) is 13.1. The van der Waals surface area contributed by atoms with Crippen LogP contribution < -0.4 is 15.6 Å². The van der Waals surface area contributed by atoms with E-state index in [2.05, 4.69) is 21.2 Å². The molecule has 0 bridgehead atoms. The maximum absolute atomic E-state index is 13.6. The minimum atomic E-state index is -0.189. The minimum absolute atomic E-state index is 0.0361. The Morgan fingerprint density at radius 2 is 1.77 bits per heavy atom. The van der Waals surface area contributed by atoms with Gasteiger partial charge in [0, 0.05) is 40.6 Å². The number of methoxy groups -OCH3 is 2. The highest BCUT2D eigenvalue weighted by molar-refractivity contribution is 9.10. The summed E-state index contributed by atoms with van der Waals surface area (Å²) >= 11 is 4.84. The molecule has 0 fully saturated rings. The summed E-state index contributed by atoms with van der Waals surface area (Å²) in [5, 5.41) is 3.83. The summed E-state index contributed by atoms with van der Waals surface area (Å²) in [4.78, 5) is 42.7. The highest BCUT2D eigenvalue weighted by atomic mass is 79.9. The lowest BCUT2D eigenvalue weighted by molar-refractivity contribution is 0.0936. The van der Waals surface area contributed by atoms with Gasteiger partial charge in [-0.15, -0.1) is 0 Å². The summed E-state index contributed by atoms with van der Waals surface area (Å²) < 4.78 is 12.9. The maximum Gasteiger partial charge on any atom is 0.262 e. The molecule has 0 aliphatic rings. The molecule has 1 N–H and O–H groups in total. The van der Waals surface area contributed by atoms with E-state index in [1.165, 1.54) is 18.7 Å². The fourth-order valence-electron chi connectivity index (χ4n) is 3.99. The predicted molar refractivity (Wildman–Crippen MR) is 156 cm³/mol. The van der Waals surface area contributed by atoms with Crippen molar-refractivity contribution in [3.8, 4) is 5.75 Å². The Balaban J connectivity index is 1.66. The highest BCUT2D eigenvalue weighted by Gasteiger charge is 2.15. The molecular formula is C29H28BrN3O5S. The summed E-state index contributed by atoms with van der Waals surface area (Å²) in [5.74, 6) is 0.877. The number of nitrogens with zero attached hydrogens (tertiary/aromatic N) is 2. The minimum Gasteiger partial charge on any atom is -0.496 e. The van der Waals surface area contributed by atoms with Gasteiger partial charge in [-0.1, -0.05) is 39.8 Å². The van der Waals surface area contributed by atoms with Gasteiger partial charge < -0.3 is 14.8 Å². The normalized spacial score (nSPS) is 11.0. The Morgan fingerprint density at radius 1 is 1.03 bits per heavy atom. The van der Waals surface area contributed by atoms with Crippen LogP contribution in [0.25, 0.3) is 10.9 Å². The number of fused-ring (bicyclic) bond motifs is 1. The van der Waals surface area contributed by atoms with Crippen molar-refractivity contribution < 1.29 is 19.1 Å². The van der Waals surface area contributed by atoms with Gasteiger partial charge in [-0.25, -0.2) is 4.98 Å². The molecule has 0 spiro atoms. The molecule has 1 amide bonds. The quantitative estimate of drug-likeness (QED) is 0.109. The number of hydrogen-bond donors (Lipinski definition) is 1. The Bertz CT molecular complexity index is 1570. The average molecular weight is 611 g/mol. The number of hydrogen-bond acceptors (Lipinski definition) is 7. The van der Waals surface area contributed by atoms with Crippen molar-refractivity contribution in [3.63, 3.8) is 0 Å². The van der Waals surface area contributed by atoms with Crippen LogP contribution in [0.2, 0.25) is 0 Å². The Kier molecular flexibility index (Phi) is 9.55. The molecule has 0 aliphatic heterocycles. The molecule has 10 heteroatoms. The van der Waals surface area contributed by atoms with Gasteiger partial charge >= 0.3 is 0 Å². The van der Waals surface area contributed by atoms with Crippen LogP contribution >= 0.6 is 27.7 Å². The van der Waals surface area contributed by atoms with Crippen LogP contribution in [0.15, 0.2) is 75.1 Å². The second-order valence-corrected chi connectivity index (χ2v) is 10.6. The number of ketones is 1. The first-order chi connectivity index (χ1) is 18.8.